The summed E-state index contributed by atoms with van der Waals surface area (Å²) in [5.41, 5.74) is 3.18. The molecule has 2 N–H and O–H groups in total. The molecule has 0 aliphatic carbocycles. The van der Waals surface area contributed by atoms with Gasteiger partial charge in [0.05, 0.1) is 26.1 Å². The first-order chi connectivity index (χ1) is 19.4. The molecule has 1 aliphatic heterocycles. The number of methoxy groups -OCH3 is 2. The lowest BCUT2D eigenvalue weighted by Crippen LogP contribution is -2.49. The van der Waals surface area contributed by atoms with Crippen molar-refractivity contribution in [1.82, 2.24) is 15.2 Å². The van der Waals surface area contributed by atoms with Gasteiger partial charge in [0.15, 0.2) is 11.5 Å². The highest BCUT2D eigenvalue weighted by molar-refractivity contribution is 6.17. The molecule has 1 aliphatic rings. The van der Waals surface area contributed by atoms with Crippen molar-refractivity contribution in [1.29, 1.82) is 0 Å². The summed E-state index contributed by atoms with van der Waals surface area (Å²) in [4.78, 5) is 33.2. The molecule has 1 aromatic heterocycles. The van der Waals surface area contributed by atoms with Gasteiger partial charge in [0, 0.05) is 43.8 Å². The van der Waals surface area contributed by atoms with Crippen LogP contribution in [0.4, 0.5) is 21.0 Å². The van der Waals surface area contributed by atoms with Crippen molar-refractivity contribution in [2.24, 2.45) is 0 Å². The highest BCUT2D eigenvalue weighted by atomic mass is 35.5. The van der Waals surface area contributed by atoms with E-state index in [0.717, 1.165) is 23.2 Å². The molecule has 10 nitrogen and oxygen atoms in total. The van der Waals surface area contributed by atoms with E-state index < -0.39 is 0 Å². The summed E-state index contributed by atoms with van der Waals surface area (Å²) in [6.07, 6.45) is 3.08. The van der Waals surface area contributed by atoms with Crippen LogP contribution in [0.3, 0.4) is 0 Å². The van der Waals surface area contributed by atoms with Crippen molar-refractivity contribution in [3.8, 4) is 23.1 Å². The molecular weight excluding hydrogens is 534 g/mol. The fourth-order valence-electron chi connectivity index (χ4n) is 4.35. The van der Waals surface area contributed by atoms with Crippen LogP contribution in [0.5, 0.6) is 23.1 Å². The lowest BCUT2D eigenvalue weighted by Gasteiger charge is -2.36. The number of amides is 4. The zero-order chi connectivity index (χ0) is 28.5. The van der Waals surface area contributed by atoms with Crippen molar-refractivity contribution >= 4 is 35.0 Å². The van der Waals surface area contributed by atoms with E-state index in [9.17, 15) is 9.59 Å². The number of ether oxygens (including phenoxy) is 3. The Morgan fingerprint density at radius 3 is 2.52 bits per heavy atom. The van der Waals surface area contributed by atoms with Crippen LogP contribution in [0, 0.1) is 6.92 Å². The number of carbonyl (C=O) groups is 2. The first-order valence-electron chi connectivity index (χ1n) is 13.0. The standard InChI is InChI=1S/C29H34ClN5O5/c1-20-16-23(8-10-24(20)40-27-11-7-22(18-32-27)33-28(36)31-13-4-12-30)35-15-5-14-34(29(35)37)19-21-6-9-25(38-2)26(17-21)39-3/h6-11,16-18H,4-5,12-15,19H2,1-3H3,(H2,31,33,36). The Morgan fingerprint density at radius 1 is 1.02 bits per heavy atom. The van der Waals surface area contributed by atoms with Crippen LogP contribution in [0.25, 0.3) is 0 Å². The number of benzene rings is 2. The molecule has 2 aromatic carbocycles. The van der Waals surface area contributed by atoms with E-state index in [-0.39, 0.29) is 12.1 Å². The molecule has 11 heteroatoms. The van der Waals surface area contributed by atoms with Crippen molar-refractivity contribution in [2.45, 2.75) is 26.3 Å². The van der Waals surface area contributed by atoms with Crippen molar-refractivity contribution in [3.63, 3.8) is 0 Å². The second kappa shape index (κ2) is 13.7. The van der Waals surface area contributed by atoms with Gasteiger partial charge in [-0.2, -0.15) is 0 Å². The summed E-state index contributed by atoms with van der Waals surface area (Å²) < 4.78 is 16.7. The Labute approximate surface area is 239 Å². The second-order valence-corrected chi connectivity index (χ2v) is 9.64. The minimum absolute atomic E-state index is 0.0504. The number of hydrogen-bond acceptors (Lipinski definition) is 6. The lowest BCUT2D eigenvalue weighted by molar-refractivity contribution is 0.192. The minimum atomic E-state index is -0.318. The predicted molar refractivity (Wildman–Crippen MR) is 155 cm³/mol. The zero-order valence-corrected chi connectivity index (χ0v) is 23.7. The highest BCUT2D eigenvalue weighted by Crippen LogP contribution is 2.31. The number of alkyl halides is 1. The van der Waals surface area contributed by atoms with Crippen molar-refractivity contribution < 1.29 is 23.8 Å². The maximum atomic E-state index is 13.4. The number of anilines is 2. The maximum absolute atomic E-state index is 13.4. The Kier molecular flexibility index (Phi) is 9.91. The van der Waals surface area contributed by atoms with Crippen LogP contribution in [-0.4, -0.2) is 61.7 Å². The molecule has 0 unspecified atom stereocenters. The van der Waals surface area contributed by atoms with Gasteiger partial charge in [-0.1, -0.05) is 6.07 Å². The van der Waals surface area contributed by atoms with Gasteiger partial charge < -0.3 is 29.7 Å². The van der Waals surface area contributed by atoms with E-state index in [1.807, 2.05) is 48.2 Å². The fraction of sp³-hybridized carbons (Fsp3) is 0.345. The topological polar surface area (TPSA) is 105 Å². The second-order valence-electron chi connectivity index (χ2n) is 9.26. The molecule has 4 rings (SSSR count). The predicted octanol–water partition coefficient (Wildman–Crippen LogP) is 5.78. The Hall–Kier alpha value is -4.18. The van der Waals surface area contributed by atoms with Crippen LogP contribution >= 0.6 is 11.6 Å². The quantitative estimate of drug-likeness (QED) is 0.225. The smallest absolute Gasteiger partial charge is 0.324 e. The normalized spacial score (nSPS) is 13.2. The molecule has 0 spiro atoms. The molecule has 40 heavy (non-hydrogen) atoms. The summed E-state index contributed by atoms with van der Waals surface area (Å²) in [7, 11) is 3.20. The molecule has 1 fully saturated rings. The number of aryl methyl sites for hydroxylation is 1. The largest absolute Gasteiger partial charge is 0.493 e. The Bertz CT molecular complexity index is 1320. The van der Waals surface area contributed by atoms with Crippen molar-refractivity contribution in [2.75, 3.05) is 50.0 Å². The molecule has 212 valence electrons. The van der Waals surface area contributed by atoms with E-state index in [2.05, 4.69) is 15.6 Å². The van der Waals surface area contributed by atoms with Crippen LogP contribution in [0.2, 0.25) is 0 Å². The van der Waals surface area contributed by atoms with Crippen LogP contribution < -0.4 is 29.7 Å². The number of nitrogens with zero attached hydrogens (tertiary/aromatic N) is 3. The van der Waals surface area contributed by atoms with E-state index in [1.54, 1.807) is 31.3 Å². The third kappa shape index (κ3) is 7.26. The highest BCUT2D eigenvalue weighted by Gasteiger charge is 2.27. The number of hydrogen-bond donors (Lipinski definition) is 2. The SMILES string of the molecule is COc1ccc(CN2CCCN(c3ccc(Oc4ccc(NC(=O)NCCCCl)cn4)c(C)c3)C2=O)cc1OC. The van der Waals surface area contributed by atoms with Gasteiger partial charge in [0.25, 0.3) is 0 Å². The molecule has 0 radical (unpaired) electrons. The van der Waals surface area contributed by atoms with E-state index in [0.29, 0.717) is 67.3 Å². The average Bonchev–Trinajstić information content (AvgIpc) is 2.96. The van der Waals surface area contributed by atoms with E-state index in [4.69, 9.17) is 25.8 Å². The summed E-state index contributed by atoms with van der Waals surface area (Å²) in [5.74, 6) is 2.79. The van der Waals surface area contributed by atoms with Gasteiger partial charge in [-0.25, -0.2) is 14.6 Å². The number of halogens is 1. The fourth-order valence-corrected chi connectivity index (χ4v) is 4.49. The molecular formula is C29H34ClN5O5. The first kappa shape index (κ1) is 28.8. The lowest BCUT2D eigenvalue weighted by atomic mass is 10.1. The van der Waals surface area contributed by atoms with E-state index in [1.165, 1.54) is 6.20 Å². The number of carbonyl (C=O) groups excluding carboxylic acids is 2. The molecule has 3 aromatic rings. The molecule has 2 heterocycles. The van der Waals surface area contributed by atoms with Gasteiger partial charge in [-0.05, 0) is 67.3 Å². The average molecular weight is 568 g/mol. The summed E-state index contributed by atoms with van der Waals surface area (Å²) in [6.45, 7) is 4.21. The summed E-state index contributed by atoms with van der Waals surface area (Å²) in [5, 5.41) is 5.44. The number of nitrogens with one attached hydrogen (secondary N) is 2. The van der Waals surface area contributed by atoms with Gasteiger partial charge in [-0.3, -0.25) is 4.90 Å². The number of urea groups is 2. The minimum Gasteiger partial charge on any atom is -0.493 e. The number of pyridine rings is 1. The zero-order valence-electron chi connectivity index (χ0n) is 22.9. The van der Waals surface area contributed by atoms with E-state index >= 15 is 0 Å². The van der Waals surface area contributed by atoms with Gasteiger partial charge in [-0.15, -0.1) is 11.6 Å². The third-order valence-electron chi connectivity index (χ3n) is 6.41. The summed E-state index contributed by atoms with van der Waals surface area (Å²) in [6, 6.07) is 14.4. The first-order valence-corrected chi connectivity index (χ1v) is 13.6. The Balaban J connectivity index is 1.38. The summed E-state index contributed by atoms with van der Waals surface area (Å²) >= 11 is 5.62. The monoisotopic (exact) mass is 567 g/mol. The third-order valence-corrected chi connectivity index (χ3v) is 6.67. The van der Waals surface area contributed by atoms with Gasteiger partial charge >= 0.3 is 12.1 Å². The maximum Gasteiger partial charge on any atom is 0.324 e. The molecule has 4 amide bonds. The van der Waals surface area contributed by atoms with Crippen LogP contribution in [0.15, 0.2) is 54.7 Å². The van der Waals surface area contributed by atoms with Gasteiger partial charge in [0.1, 0.15) is 5.75 Å². The molecule has 0 atom stereocenters. The Morgan fingerprint density at radius 2 is 1.82 bits per heavy atom. The number of aromatic nitrogens is 1. The molecule has 0 bridgehead atoms. The molecule has 1 saturated heterocycles. The number of rotatable bonds is 11. The molecule has 0 saturated carbocycles. The van der Waals surface area contributed by atoms with Crippen LogP contribution in [0.1, 0.15) is 24.0 Å². The van der Waals surface area contributed by atoms with Crippen molar-refractivity contribution in [3.05, 3.63) is 65.9 Å². The van der Waals surface area contributed by atoms with Gasteiger partial charge in [0.2, 0.25) is 5.88 Å². The van der Waals surface area contributed by atoms with Crippen LogP contribution in [-0.2, 0) is 6.54 Å².